The number of fused-ring (bicyclic) bond motifs is 1. The van der Waals surface area contributed by atoms with Gasteiger partial charge in [-0.15, -0.1) is 0 Å². The first-order valence-electron chi connectivity index (χ1n) is 8.02. The molecule has 3 rings (SSSR count). The minimum atomic E-state index is -0.877. The second-order valence-electron chi connectivity index (χ2n) is 6.12. The average Bonchev–Trinajstić information content (AvgIpc) is 2.89. The van der Waals surface area contributed by atoms with Crippen molar-refractivity contribution in [2.45, 2.75) is 26.3 Å². The molecule has 25 heavy (non-hydrogen) atoms. The zero-order chi connectivity index (χ0) is 18.1. The minimum Gasteiger partial charge on any atom is -0.307 e. The molecule has 1 unspecified atom stereocenters. The molecule has 0 N–H and O–H groups in total. The zero-order valence-electron chi connectivity index (χ0n) is 14.0. The highest BCUT2D eigenvalue weighted by Crippen LogP contribution is 2.32. The summed E-state index contributed by atoms with van der Waals surface area (Å²) in [4.78, 5) is 27.2. The summed E-state index contributed by atoms with van der Waals surface area (Å²) in [6.07, 6.45) is 0.704. The van der Waals surface area contributed by atoms with Crippen molar-refractivity contribution < 1.29 is 18.4 Å². The van der Waals surface area contributed by atoms with E-state index in [-0.39, 0.29) is 11.9 Å². The second-order valence-corrected chi connectivity index (χ2v) is 6.12. The van der Waals surface area contributed by atoms with Crippen LogP contribution in [0, 0.1) is 11.6 Å². The van der Waals surface area contributed by atoms with Crippen LogP contribution in [0.25, 0.3) is 0 Å². The van der Waals surface area contributed by atoms with Gasteiger partial charge >= 0.3 is 0 Å². The van der Waals surface area contributed by atoms with E-state index in [0.717, 1.165) is 28.3 Å². The van der Waals surface area contributed by atoms with Gasteiger partial charge in [0.1, 0.15) is 23.9 Å². The summed E-state index contributed by atoms with van der Waals surface area (Å²) in [5.74, 6) is -2.73. The number of hydrogen-bond acceptors (Lipinski definition) is 2. The molecule has 0 aromatic heterocycles. The normalized spacial score (nSPS) is 15.8. The van der Waals surface area contributed by atoms with Crippen LogP contribution in [-0.2, 0) is 16.0 Å². The van der Waals surface area contributed by atoms with Gasteiger partial charge in [-0.2, -0.15) is 0 Å². The molecule has 0 aliphatic carbocycles. The van der Waals surface area contributed by atoms with E-state index in [4.69, 9.17) is 0 Å². The average molecular weight is 344 g/mol. The van der Waals surface area contributed by atoms with E-state index < -0.39 is 29.8 Å². The Morgan fingerprint density at radius 3 is 2.40 bits per heavy atom. The van der Waals surface area contributed by atoms with Gasteiger partial charge in [0, 0.05) is 18.7 Å². The summed E-state index contributed by atoms with van der Waals surface area (Å²) >= 11 is 0. The lowest BCUT2D eigenvalue weighted by Crippen LogP contribution is -2.45. The molecule has 4 nitrogen and oxygen atoms in total. The molecular formula is C19H18F2N2O2. The fourth-order valence-electron chi connectivity index (χ4n) is 3.25. The highest BCUT2D eigenvalue weighted by molar-refractivity contribution is 6.04. The van der Waals surface area contributed by atoms with Crippen molar-refractivity contribution in [2.24, 2.45) is 0 Å². The van der Waals surface area contributed by atoms with Gasteiger partial charge < -0.3 is 4.90 Å². The zero-order valence-corrected chi connectivity index (χ0v) is 14.0. The lowest BCUT2D eigenvalue weighted by Gasteiger charge is -2.27. The van der Waals surface area contributed by atoms with Gasteiger partial charge in [0.05, 0.1) is 0 Å². The van der Waals surface area contributed by atoms with Crippen LogP contribution >= 0.6 is 0 Å². The van der Waals surface area contributed by atoms with Gasteiger partial charge in [0.25, 0.3) is 0 Å². The molecule has 1 heterocycles. The molecule has 2 amide bonds. The Morgan fingerprint density at radius 1 is 1.12 bits per heavy atom. The van der Waals surface area contributed by atoms with E-state index >= 15 is 0 Å². The van der Waals surface area contributed by atoms with Crippen molar-refractivity contribution in [1.29, 1.82) is 0 Å². The summed E-state index contributed by atoms with van der Waals surface area (Å²) in [5.41, 5.74) is 1.32. The number of rotatable bonds is 3. The second kappa shape index (κ2) is 6.63. The van der Waals surface area contributed by atoms with Crippen LogP contribution in [0.15, 0.2) is 42.5 Å². The number of halogens is 2. The van der Waals surface area contributed by atoms with Crippen molar-refractivity contribution in [3.05, 3.63) is 59.7 Å². The van der Waals surface area contributed by atoms with Gasteiger partial charge in [-0.1, -0.05) is 24.3 Å². The molecule has 0 saturated heterocycles. The first kappa shape index (κ1) is 17.1. The molecule has 6 heteroatoms. The summed E-state index contributed by atoms with van der Waals surface area (Å²) < 4.78 is 28.1. The number of benzene rings is 2. The van der Waals surface area contributed by atoms with E-state index in [1.54, 1.807) is 4.90 Å². The number of para-hydroxylation sites is 2. The first-order chi connectivity index (χ1) is 11.9. The first-order valence-corrected chi connectivity index (χ1v) is 8.02. The molecule has 0 radical (unpaired) electrons. The predicted molar refractivity (Wildman–Crippen MR) is 91.5 cm³/mol. The third-order valence-corrected chi connectivity index (χ3v) is 4.36. The van der Waals surface area contributed by atoms with Gasteiger partial charge in [0.2, 0.25) is 11.8 Å². The van der Waals surface area contributed by atoms with Crippen molar-refractivity contribution >= 4 is 23.2 Å². The smallest absolute Gasteiger partial charge is 0.247 e. The van der Waals surface area contributed by atoms with Crippen LogP contribution in [-0.4, -0.2) is 24.4 Å². The van der Waals surface area contributed by atoms with Crippen LogP contribution in [0.2, 0.25) is 0 Å². The Hall–Kier alpha value is -2.76. The Labute approximate surface area is 144 Å². The maximum atomic E-state index is 14.0. The topological polar surface area (TPSA) is 40.6 Å². The molecule has 1 atom stereocenters. The third kappa shape index (κ3) is 3.12. The van der Waals surface area contributed by atoms with Gasteiger partial charge in [-0.3, -0.25) is 14.5 Å². The minimum absolute atomic E-state index is 0.0795. The highest BCUT2D eigenvalue weighted by atomic mass is 19.1. The Balaban J connectivity index is 1.91. The lowest BCUT2D eigenvalue weighted by molar-refractivity contribution is -0.121. The maximum absolute atomic E-state index is 14.0. The molecule has 2 aromatic rings. The van der Waals surface area contributed by atoms with E-state index in [0.29, 0.717) is 6.42 Å². The Bertz CT molecular complexity index is 818. The summed E-state index contributed by atoms with van der Waals surface area (Å²) in [7, 11) is 0. The van der Waals surface area contributed by atoms with E-state index in [2.05, 4.69) is 0 Å². The molecule has 0 saturated carbocycles. The fourth-order valence-corrected chi connectivity index (χ4v) is 3.25. The van der Waals surface area contributed by atoms with E-state index in [1.165, 1.54) is 13.0 Å². The van der Waals surface area contributed by atoms with Crippen molar-refractivity contribution in [1.82, 2.24) is 0 Å². The van der Waals surface area contributed by atoms with Crippen LogP contribution in [0.1, 0.15) is 19.4 Å². The Morgan fingerprint density at radius 2 is 1.76 bits per heavy atom. The van der Waals surface area contributed by atoms with Gasteiger partial charge in [0.15, 0.2) is 0 Å². The molecule has 0 fully saturated rings. The molecule has 2 aromatic carbocycles. The van der Waals surface area contributed by atoms with Crippen molar-refractivity contribution in [3.63, 3.8) is 0 Å². The molecule has 1 aliphatic heterocycles. The largest absolute Gasteiger partial charge is 0.307 e. The van der Waals surface area contributed by atoms with Crippen LogP contribution < -0.4 is 9.80 Å². The van der Waals surface area contributed by atoms with Crippen LogP contribution in [0.5, 0.6) is 0 Å². The maximum Gasteiger partial charge on any atom is 0.247 e. The quantitative estimate of drug-likeness (QED) is 0.857. The highest BCUT2D eigenvalue weighted by Gasteiger charge is 2.33. The standard InChI is InChI=1S/C19H18F2N2O2/c1-12-10-14-6-3-4-9-17(14)23(12)18(25)11-22(13(2)24)19-15(20)7-5-8-16(19)21/h3-9,12H,10-11H2,1-2H3. The van der Waals surface area contributed by atoms with Gasteiger partial charge in [-0.25, -0.2) is 8.78 Å². The number of anilines is 2. The van der Waals surface area contributed by atoms with Crippen molar-refractivity contribution in [3.8, 4) is 0 Å². The number of carbonyl (C=O) groups is 2. The van der Waals surface area contributed by atoms with Crippen LogP contribution in [0.4, 0.5) is 20.2 Å². The number of hydrogen-bond donors (Lipinski definition) is 0. The number of carbonyl (C=O) groups excluding carboxylic acids is 2. The molecule has 0 bridgehead atoms. The summed E-state index contributed by atoms with van der Waals surface area (Å²) in [6.45, 7) is 2.66. The SMILES string of the molecule is CC(=O)N(CC(=O)N1c2ccccc2CC1C)c1c(F)cccc1F. The summed E-state index contributed by atoms with van der Waals surface area (Å²) in [5, 5.41) is 0. The van der Waals surface area contributed by atoms with E-state index in [1.807, 2.05) is 31.2 Å². The van der Waals surface area contributed by atoms with Crippen LogP contribution in [0.3, 0.4) is 0 Å². The third-order valence-electron chi connectivity index (χ3n) is 4.36. The van der Waals surface area contributed by atoms with E-state index in [9.17, 15) is 18.4 Å². The molecule has 130 valence electrons. The monoisotopic (exact) mass is 344 g/mol. The molecule has 1 aliphatic rings. The number of amides is 2. The summed E-state index contributed by atoms with van der Waals surface area (Å²) in [6, 6.07) is 10.8. The molecule has 0 spiro atoms. The predicted octanol–water partition coefficient (Wildman–Crippen LogP) is 3.30. The van der Waals surface area contributed by atoms with Crippen molar-refractivity contribution in [2.75, 3.05) is 16.3 Å². The molecular weight excluding hydrogens is 326 g/mol. The fraction of sp³-hybridized carbons (Fsp3) is 0.263. The number of nitrogens with zero attached hydrogens (tertiary/aromatic N) is 2. The Kier molecular flexibility index (Phi) is 4.53. The lowest BCUT2D eigenvalue weighted by atomic mass is 10.1. The van der Waals surface area contributed by atoms with Gasteiger partial charge in [-0.05, 0) is 37.1 Å².